The van der Waals surface area contributed by atoms with Crippen LogP contribution in [0.15, 0.2) is 35.1 Å². The summed E-state index contributed by atoms with van der Waals surface area (Å²) in [6, 6.07) is 5.92. The molecule has 2 aromatic rings. The first-order valence-electron chi connectivity index (χ1n) is 5.01. The third-order valence-electron chi connectivity index (χ3n) is 2.31. The van der Waals surface area contributed by atoms with Crippen LogP contribution in [0.4, 0.5) is 17.3 Å². The van der Waals surface area contributed by atoms with Crippen molar-refractivity contribution in [3.8, 4) is 0 Å². The van der Waals surface area contributed by atoms with Crippen molar-refractivity contribution in [3.05, 3.63) is 40.6 Å². The van der Waals surface area contributed by atoms with Crippen LogP contribution in [0.3, 0.4) is 0 Å². The van der Waals surface area contributed by atoms with Crippen molar-refractivity contribution in [2.45, 2.75) is 6.92 Å². The fourth-order valence-electron chi connectivity index (χ4n) is 1.38. The summed E-state index contributed by atoms with van der Waals surface area (Å²) in [5.41, 5.74) is 4.54. The maximum absolute atomic E-state index is 5.28. The number of nitrogens with one attached hydrogen (secondary N) is 2. The van der Waals surface area contributed by atoms with E-state index in [-0.39, 0.29) is 0 Å². The van der Waals surface area contributed by atoms with Crippen LogP contribution in [0, 0.1) is 6.92 Å². The van der Waals surface area contributed by atoms with E-state index in [2.05, 4.69) is 36.6 Å². The highest BCUT2D eigenvalue weighted by Gasteiger charge is 2.03. The summed E-state index contributed by atoms with van der Waals surface area (Å²) >= 11 is 3.48. The van der Waals surface area contributed by atoms with Crippen molar-refractivity contribution in [1.82, 2.24) is 9.97 Å². The molecule has 2 rings (SSSR count). The Morgan fingerprint density at radius 1 is 1.24 bits per heavy atom. The Labute approximate surface area is 108 Å². The maximum atomic E-state index is 5.28. The first-order valence-corrected chi connectivity index (χ1v) is 5.81. The molecule has 0 amide bonds. The Balaban J connectivity index is 2.28. The van der Waals surface area contributed by atoms with Crippen LogP contribution in [0.25, 0.3) is 0 Å². The van der Waals surface area contributed by atoms with Crippen molar-refractivity contribution in [1.29, 1.82) is 0 Å². The molecule has 0 saturated heterocycles. The third kappa shape index (κ3) is 2.72. The van der Waals surface area contributed by atoms with Gasteiger partial charge in [0.15, 0.2) is 11.6 Å². The summed E-state index contributed by atoms with van der Waals surface area (Å²) < 4.78 is 1.04. The lowest BCUT2D eigenvalue weighted by Gasteiger charge is -2.10. The number of halogens is 1. The number of nitrogens with zero attached hydrogens (tertiary/aromatic N) is 2. The van der Waals surface area contributed by atoms with Gasteiger partial charge in [-0.1, -0.05) is 22.0 Å². The first kappa shape index (κ1) is 11.8. The van der Waals surface area contributed by atoms with E-state index in [9.17, 15) is 0 Å². The minimum atomic E-state index is 0.516. The molecule has 0 unspecified atom stereocenters. The van der Waals surface area contributed by atoms with Gasteiger partial charge in [0.25, 0.3) is 0 Å². The fourth-order valence-corrected chi connectivity index (χ4v) is 1.74. The lowest BCUT2D eigenvalue weighted by atomic mass is 10.2. The molecule has 0 aliphatic rings. The van der Waals surface area contributed by atoms with E-state index in [1.165, 1.54) is 0 Å². The Morgan fingerprint density at radius 2 is 2.00 bits per heavy atom. The van der Waals surface area contributed by atoms with Crippen LogP contribution < -0.4 is 16.6 Å². The first-order chi connectivity index (χ1) is 8.20. The molecule has 17 heavy (non-hydrogen) atoms. The molecule has 1 heterocycles. The van der Waals surface area contributed by atoms with Crippen LogP contribution in [0.2, 0.25) is 0 Å². The number of nitrogen functional groups attached to an aromatic ring is 1. The zero-order valence-electron chi connectivity index (χ0n) is 9.24. The number of aromatic nitrogens is 2. The van der Waals surface area contributed by atoms with Gasteiger partial charge in [0.1, 0.15) is 0 Å². The van der Waals surface area contributed by atoms with Crippen LogP contribution in [0.1, 0.15) is 5.56 Å². The average molecular weight is 294 g/mol. The predicted octanol–water partition coefficient (Wildman–Crippen LogP) is 2.58. The van der Waals surface area contributed by atoms with Gasteiger partial charge >= 0.3 is 0 Å². The zero-order valence-corrected chi connectivity index (χ0v) is 10.8. The summed E-state index contributed by atoms with van der Waals surface area (Å²) in [6.45, 7) is 2.02. The van der Waals surface area contributed by atoms with Crippen molar-refractivity contribution in [2.24, 2.45) is 5.84 Å². The molecule has 0 bridgehead atoms. The fraction of sp³-hybridized carbons (Fsp3) is 0.0909. The van der Waals surface area contributed by atoms with Crippen LogP contribution in [-0.2, 0) is 0 Å². The van der Waals surface area contributed by atoms with Gasteiger partial charge in [-0.15, -0.1) is 0 Å². The van der Waals surface area contributed by atoms with E-state index in [1.54, 1.807) is 12.4 Å². The van der Waals surface area contributed by atoms with Gasteiger partial charge < -0.3 is 10.7 Å². The lowest BCUT2D eigenvalue weighted by Crippen LogP contribution is -2.09. The molecule has 1 aromatic carbocycles. The highest BCUT2D eigenvalue weighted by molar-refractivity contribution is 9.10. The Morgan fingerprint density at radius 3 is 2.76 bits per heavy atom. The lowest BCUT2D eigenvalue weighted by molar-refractivity contribution is 1.15. The average Bonchev–Trinajstić information content (AvgIpc) is 2.35. The summed E-state index contributed by atoms with van der Waals surface area (Å²) in [5, 5.41) is 3.19. The largest absolute Gasteiger partial charge is 0.339 e. The van der Waals surface area contributed by atoms with Gasteiger partial charge in [0, 0.05) is 10.2 Å². The number of hydrogen-bond acceptors (Lipinski definition) is 5. The number of rotatable bonds is 3. The Bertz CT molecular complexity index is 529. The summed E-state index contributed by atoms with van der Waals surface area (Å²) in [4.78, 5) is 8.26. The predicted molar refractivity (Wildman–Crippen MR) is 72.0 cm³/mol. The number of anilines is 3. The molecular weight excluding hydrogens is 282 g/mol. The van der Waals surface area contributed by atoms with Crippen molar-refractivity contribution in [2.75, 3.05) is 10.7 Å². The van der Waals surface area contributed by atoms with Crippen molar-refractivity contribution >= 4 is 33.3 Å². The molecule has 1 aromatic heterocycles. The van der Waals surface area contributed by atoms with Crippen LogP contribution in [-0.4, -0.2) is 9.97 Å². The van der Waals surface area contributed by atoms with E-state index in [1.807, 2.05) is 25.1 Å². The molecule has 0 aliphatic heterocycles. The molecule has 0 radical (unpaired) electrons. The molecule has 4 N–H and O–H groups in total. The Hall–Kier alpha value is -1.66. The maximum Gasteiger partial charge on any atom is 0.160 e. The highest BCUT2D eigenvalue weighted by atomic mass is 79.9. The number of nitrogens with two attached hydrogens (primary N) is 1. The monoisotopic (exact) mass is 293 g/mol. The van der Waals surface area contributed by atoms with Gasteiger partial charge in [-0.3, -0.25) is 4.98 Å². The number of hydrogen-bond donors (Lipinski definition) is 3. The second-order valence-corrected chi connectivity index (χ2v) is 4.33. The van der Waals surface area contributed by atoms with Gasteiger partial charge in [0.05, 0.1) is 12.4 Å². The topological polar surface area (TPSA) is 75.9 Å². The normalized spacial score (nSPS) is 10.1. The molecule has 88 valence electrons. The number of benzene rings is 1. The summed E-state index contributed by atoms with van der Waals surface area (Å²) in [5.74, 6) is 6.44. The van der Waals surface area contributed by atoms with Crippen molar-refractivity contribution < 1.29 is 0 Å². The SMILES string of the molecule is Cc1c(Br)cccc1Nc1cncc(NN)n1. The summed E-state index contributed by atoms with van der Waals surface area (Å²) in [6.07, 6.45) is 3.19. The molecule has 5 nitrogen and oxygen atoms in total. The second-order valence-electron chi connectivity index (χ2n) is 3.47. The minimum Gasteiger partial charge on any atom is -0.339 e. The molecule has 0 spiro atoms. The minimum absolute atomic E-state index is 0.516. The van der Waals surface area contributed by atoms with Gasteiger partial charge in [-0.25, -0.2) is 10.8 Å². The van der Waals surface area contributed by atoms with Gasteiger partial charge in [-0.05, 0) is 24.6 Å². The second kappa shape index (κ2) is 5.11. The number of hydrazine groups is 1. The molecule has 0 fully saturated rings. The van der Waals surface area contributed by atoms with E-state index in [0.29, 0.717) is 11.6 Å². The van der Waals surface area contributed by atoms with Crippen LogP contribution in [0.5, 0.6) is 0 Å². The third-order valence-corrected chi connectivity index (χ3v) is 3.17. The standard InChI is InChI=1S/C11H12BrN5/c1-7-8(12)3-2-4-9(7)15-10-5-14-6-11(16-10)17-13/h2-6H,13H2,1H3,(H2,15,16,17). The van der Waals surface area contributed by atoms with E-state index < -0.39 is 0 Å². The Kier molecular flexibility index (Phi) is 3.55. The molecule has 0 aliphatic carbocycles. The van der Waals surface area contributed by atoms with Crippen LogP contribution >= 0.6 is 15.9 Å². The van der Waals surface area contributed by atoms with Crippen molar-refractivity contribution in [3.63, 3.8) is 0 Å². The van der Waals surface area contributed by atoms with E-state index >= 15 is 0 Å². The smallest absolute Gasteiger partial charge is 0.160 e. The summed E-state index contributed by atoms with van der Waals surface area (Å²) in [7, 11) is 0. The van der Waals surface area contributed by atoms with E-state index in [0.717, 1.165) is 15.7 Å². The highest BCUT2D eigenvalue weighted by Crippen LogP contribution is 2.25. The van der Waals surface area contributed by atoms with Gasteiger partial charge in [-0.2, -0.15) is 0 Å². The molecule has 6 heteroatoms. The van der Waals surface area contributed by atoms with E-state index in [4.69, 9.17) is 5.84 Å². The molecule has 0 atom stereocenters. The molecular formula is C11H12BrN5. The zero-order chi connectivity index (χ0) is 12.3. The van der Waals surface area contributed by atoms with Gasteiger partial charge in [0.2, 0.25) is 0 Å². The molecule has 0 saturated carbocycles. The quantitative estimate of drug-likeness (QED) is 0.599.